The molecule has 1 aromatic carbocycles. The molecule has 1 aromatic rings. The van der Waals surface area contributed by atoms with E-state index in [0.717, 1.165) is 0 Å². The molecule has 0 fully saturated rings. The van der Waals surface area contributed by atoms with Crippen molar-refractivity contribution in [1.82, 2.24) is 0 Å². The van der Waals surface area contributed by atoms with Crippen LogP contribution in [0.4, 0.5) is 11.4 Å². The van der Waals surface area contributed by atoms with Gasteiger partial charge in [0.25, 0.3) is 5.69 Å². The summed E-state index contributed by atoms with van der Waals surface area (Å²) in [5.74, 6) is -1.10. The van der Waals surface area contributed by atoms with Gasteiger partial charge in [-0.3, -0.25) is 10.1 Å². The van der Waals surface area contributed by atoms with E-state index in [0.29, 0.717) is 5.69 Å². The number of nitrogens with zero attached hydrogens (tertiary/aromatic N) is 1. The van der Waals surface area contributed by atoms with E-state index in [1.54, 1.807) is 6.07 Å². The van der Waals surface area contributed by atoms with Crippen molar-refractivity contribution in [3.8, 4) is 0 Å². The average Bonchev–Trinajstić information content (AvgIpc) is 2.18. The molecule has 1 rings (SSSR count). The number of aliphatic carboxylic acids is 1. The van der Waals surface area contributed by atoms with Gasteiger partial charge in [-0.25, -0.2) is 4.79 Å². The molecule has 7 heteroatoms. The maximum Gasteiger partial charge on any atom is 0.337 e. The van der Waals surface area contributed by atoms with Gasteiger partial charge in [-0.05, 0) is 6.07 Å². The first kappa shape index (κ1) is 11.4. The molecule has 0 aliphatic carbocycles. The lowest BCUT2D eigenvalue weighted by Gasteiger charge is -2.08. The smallest absolute Gasteiger partial charge is 0.337 e. The van der Waals surface area contributed by atoms with Gasteiger partial charge in [0.05, 0.1) is 4.92 Å². The number of rotatable bonds is 4. The molecule has 0 aliphatic heterocycles. The number of nitro groups is 1. The van der Waals surface area contributed by atoms with Gasteiger partial charge in [0.1, 0.15) is 0 Å². The first-order valence-corrected chi connectivity index (χ1v) is 4.80. The maximum atomic E-state index is 10.5. The number of hydrogen-bond acceptors (Lipinski definition) is 4. The van der Waals surface area contributed by atoms with Crippen LogP contribution >= 0.6 is 15.9 Å². The fourth-order valence-corrected chi connectivity index (χ4v) is 1.18. The van der Waals surface area contributed by atoms with Crippen LogP contribution in [0.25, 0.3) is 0 Å². The summed E-state index contributed by atoms with van der Waals surface area (Å²) in [4.78, 5) is 19.4. The Morgan fingerprint density at radius 1 is 1.60 bits per heavy atom. The van der Waals surface area contributed by atoms with Gasteiger partial charge in [-0.1, -0.05) is 22.0 Å². The molecule has 6 nitrogen and oxygen atoms in total. The Hall–Kier alpha value is -1.63. The normalized spacial score (nSPS) is 11.8. The van der Waals surface area contributed by atoms with Crippen molar-refractivity contribution in [2.75, 3.05) is 5.32 Å². The molecule has 1 unspecified atom stereocenters. The summed E-state index contributed by atoms with van der Waals surface area (Å²) in [6.45, 7) is 0. The van der Waals surface area contributed by atoms with Crippen molar-refractivity contribution in [3.05, 3.63) is 34.4 Å². The van der Waals surface area contributed by atoms with Crippen LogP contribution in [0, 0.1) is 10.1 Å². The Labute approximate surface area is 93.2 Å². The molecule has 0 aromatic heterocycles. The first-order valence-electron chi connectivity index (χ1n) is 3.88. The number of carboxylic acid groups (broad SMARTS) is 1. The van der Waals surface area contributed by atoms with Crippen molar-refractivity contribution in [2.45, 2.75) is 4.95 Å². The summed E-state index contributed by atoms with van der Waals surface area (Å²) in [6, 6.07) is 5.61. The van der Waals surface area contributed by atoms with Gasteiger partial charge in [0.15, 0.2) is 4.95 Å². The lowest BCUT2D eigenvalue weighted by Crippen LogP contribution is -2.22. The van der Waals surface area contributed by atoms with Gasteiger partial charge < -0.3 is 10.4 Å². The number of alkyl halides is 1. The lowest BCUT2D eigenvalue weighted by molar-refractivity contribution is -0.384. The summed E-state index contributed by atoms with van der Waals surface area (Å²) in [7, 11) is 0. The predicted octanol–water partition coefficient (Wildman–Crippen LogP) is 1.81. The minimum atomic E-state index is -1.10. The van der Waals surface area contributed by atoms with Crippen LogP contribution in [-0.4, -0.2) is 21.0 Å². The topological polar surface area (TPSA) is 92.5 Å². The fraction of sp³-hybridized carbons (Fsp3) is 0.125. The van der Waals surface area contributed by atoms with E-state index in [9.17, 15) is 14.9 Å². The molecule has 0 radical (unpaired) electrons. The Morgan fingerprint density at radius 3 is 2.80 bits per heavy atom. The lowest BCUT2D eigenvalue weighted by atomic mass is 10.3. The van der Waals surface area contributed by atoms with Crippen LogP contribution in [-0.2, 0) is 4.79 Å². The molecule has 0 saturated heterocycles. The van der Waals surface area contributed by atoms with E-state index >= 15 is 0 Å². The monoisotopic (exact) mass is 274 g/mol. The molecular formula is C8H7BrN2O4. The zero-order valence-corrected chi connectivity index (χ0v) is 8.97. The Balaban J connectivity index is 2.82. The third-order valence-electron chi connectivity index (χ3n) is 1.57. The molecule has 2 N–H and O–H groups in total. The van der Waals surface area contributed by atoms with E-state index in [-0.39, 0.29) is 5.69 Å². The van der Waals surface area contributed by atoms with Crippen molar-refractivity contribution >= 4 is 33.3 Å². The van der Waals surface area contributed by atoms with Crippen molar-refractivity contribution in [2.24, 2.45) is 0 Å². The minimum Gasteiger partial charge on any atom is -0.479 e. The number of nitro benzene ring substituents is 1. The number of anilines is 1. The average molecular weight is 275 g/mol. The van der Waals surface area contributed by atoms with Crippen molar-refractivity contribution < 1.29 is 14.8 Å². The zero-order chi connectivity index (χ0) is 11.4. The van der Waals surface area contributed by atoms with E-state index in [1.807, 2.05) is 0 Å². The SMILES string of the molecule is O=C(O)C(Br)Nc1cccc([N+](=O)[O-])c1. The number of non-ortho nitro benzene ring substituents is 1. The Kier molecular flexibility index (Phi) is 3.62. The largest absolute Gasteiger partial charge is 0.479 e. The summed E-state index contributed by atoms with van der Waals surface area (Å²) in [6.07, 6.45) is 0. The summed E-state index contributed by atoms with van der Waals surface area (Å²) in [5, 5.41) is 21.6. The molecule has 0 spiro atoms. The Bertz CT molecular complexity index is 396. The summed E-state index contributed by atoms with van der Waals surface area (Å²) < 4.78 is 0. The highest BCUT2D eigenvalue weighted by molar-refractivity contribution is 9.10. The molecule has 0 amide bonds. The first-order chi connectivity index (χ1) is 7.00. The molecule has 80 valence electrons. The highest BCUT2D eigenvalue weighted by atomic mass is 79.9. The van der Waals surface area contributed by atoms with Gasteiger partial charge >= 0.3 is 5.97 Å². The second kappa shape index (κ2) is 4.74. The van der Waals surface area contributed by atoms with Crippen molar-refractivity contribution in [1.29, 1.82) is 0 Å². The third kappa shape index (κ3) is 3.21. The van der Waals surface area contributed by atoms with Crippen LogP contribution in [0.2, 0.25) is 0 Å². The van der Waals surface area contributed by atoms with Crippen molar-refractivity contribution in [3.63, 3.8) is 0 Å². The third-order valence-corrected chi connectivity index (χ3v) is 2.19. The highest BCUT2D eigenvalue weighted by Crippen LogP contribution is 2.18. The molecule has 0 aliphatic rings. The van der Waals surface area contributed by atoms with Gasteiger partial charge in [0.2, 0.25) is 0 Å². The number of nitrogens with one attached hydrogen (secondary N) is 1. The van der Waals surface area contributed by atoms with Crippen LogP contribution < -0.4 is 5.32 Å². The van der Waals surface area contributed by atoms with E-state index < -0.39 is 15.8 Å². The summed E-state index contributed by atoms with van der Waals surface area (Å²) >= 11 is 2.86. The van der Waals surface area contributed by atoms with Crippen LogP contribution in [0.1, 0.15) is 0 Å². The number of carbonyl (C=O) groups is 1. The molecular weight excluding hydrogens is 268 g/mol. The van der Waals surface area contributed by atoms with Gasteiger partial charge in [-0.2, -0.15) is 0 Å². The number of carboxylic acids is 1. The van der Waals surface area contributed by atoms with E-state index in [1.165, 1.54) is 18.2 Å². The molecule has 0 bridgehead atoms. The summed E-state index contributed by atoms with van der Waals surface area (Å²) in [5.41, 5.74) is 0.276. The molecule has 0 saturated carbocycles. The molecule has 1 atom stereocenters. The Morgan fingerprint density at radius 2 is 2.27 bits per heavy atom. The standard InChI is InChI=1S/C8H7BrN2O4/c9-7(8(12)13)10-5-2-1-3-6(4-5)11(14)15/h1-4,7,10H,(H,12,13). The van der Waals surface area contributed by atoms with Crippen LogP contribution in [0.5, 0.6) is 0 Å². The fourth-order valence-electron chi connectivity index (χ4n) is 0.917. The molecule has 0 heterocycles. The maximum absolute atomic E-state index is 10.5. The second-order valence-corrected chi connectivity index (χ2v) is 3.57. The van der Waals surface area contributed by atoms with E-state index in [4.69, 9.17) is 5.11 Å². The number of benzene rings is 1. The minimum absolute atomic E-state index is 0.0925. The number of halogens is 1. The number of hydrogen-bond donors (Lipinski definition) is 2. The van der Waals surface area contributed by atoms with Gasteiger partial charge in [-0.15, -0.1) is 0 Å². The van der Waals surface area contributed by atoms with Crippen LogP contribution in [0.3, 0.4) is 0 Å². The zero-order valence-electron chi connectivity index (χ0n) is 7.38. The predicted molar refractivity (Wildman–Crippen MR) is 57.1 cm³/mol. The second-order valence-electron chi connectivity index (χ2n) is 2.65. The van der Waals surface area contributed by atoms with Gasteiger partial charge in [0, 0.05) is 17.8 Å². The van der Waals surface area contributed by atoms with E-state index in [2.05, 4.69) is 21.2 Å². The highest BCUT2D eigenvalue weighted by Gasteiger charge is 2.13. The molecule has 15 heavy (non-hydrogen) atoms. The van der Waals surface area contributed by atoms with Crippen LogP contribution in [0.15, 0.2) is 24.3 Å². The quantitative estimate of drug-likeness (QED) is 0.378.